The summed E-state index contributed by atoms with van der Waals surface area (Å²) in [5.41, 5.74) is 4.38. The van der Waals surface area contributed by atoms with Gasteiger partial charge in [-0.05, 0) is 64.8 Å². The van der Waals surface area contributed by atoms with Crippen LogP contribution in [0.2, 0.25) is 0 Å². The second kappa shape index (κ2) is 4.93. The van der Waals surface area contributed by atoms with E-state index in [-0.39, 0.29) is 5.54 Å². The molecule has 1 aromatic carbocycles. The molecule has 2 rings (SSSR count). The van der Waals surface area contributed by atoms with Crippen molar-refractivity contribution >= 4 is 5.69 Å². The average Bonchev–Trinajstić information content (AvgIpc) is 2.33. The van der Waals surface area contributed by atoms with Gasteiger partial charge in [0.2, 0.25) is 0 Å². The fraction of sp³-hybridized carbons (Fsp3) is 0.625. The molecule has 18 heavy (non-hydrogen) atoms. The Balaban J connectivity index is 2.40. The fourth-order valence-corrected chi connectivity index (χ4v) is 3.24. The van der Waals surface area contributed by atoms with E-state index in [9.17, 15) is 0 Å². The number of likely N-dealkylation sites (N-methyl/N-ethyl adjacent to an activating group) is 1. The minimum atomic E-state index is 0.172. The monoisotopic (exact) mass is 246 g/mol. The lowest BCUT2D eigenvalue weighted by Crippen LogP contribution is -2.60. The lowest BCUT2D eigenvalue weighted by Gasteiger charge is -2.50. The second-order valence-electron chi connectivity index (χ2n) is 6.01. The summed E-state index contributed by atoms with van der Waals surface area (Å²) in [6.45, 7) is 10.3. The predicted octanol–water partition coefficient (Wildman–Crippen LogP) is 3.27. The number of piperidine rings is 1. The van der Waals surface area contributed by atoms with Gasteiger partial charge in [-0.3, -0.25) is 0 Å². The molecule has 0 bridgehead atoms. The minimum absolute atomic E-state index is 0.172. The van der Waals surface area contributed by atoms with Crippen molar-refractivity contribution in [1.29, 1.82) is 0 Å². The highest BCUT2D eigenvalue weighted by molar-refractivity contribution is 5.58. The third-order valence-electron chi connectivity index (χ3n) is 4.64. The molecule has 0 saturated carbocycles. The molecule has 100 valence electrons. The summed E-state index contributed by atoms with van der Waals surface area (Å²) in [4.78, 5) is 2.58. The first-order valence-electron chi connectivity index (χ1n) is 6.99. The third kappa shape index (κ3) is 2.14. The zero-order valence-corrected chi connectivity index (χ0v) is 12.4. The van der Waals surface area contributed by atoms with Gasteiger partial charge in [0.15, 0.2) is 0 Å². The van der Waals surface area contributed by atoms with E-state index in [0.717, 1.165) is 6.54 Å². The van der Waals surface area contributed by atoms with Crippen molar-refractivity contribution in [2.75, 3.05) is 18.5 Å². The average molecular weight is 246 g/mol. The Hall–Kier alpha value is -1.02. The van der Waals surface area contributed by atoms with Crippen molar-refractivity contribution in [3.8, 4) is 0 Å². The topological polar surface area (TPSA) is 15.3 Å². The summed E-state index contributed by atoms with van der Waals surface area (Å²) in [7, 11) is 2.08. The van der Waals surface area contributed by atoms with Crippen LogP contribution in [0.1, 0.15) is 37.8 Å². The highest BCUT2D eigenvalue weighted by Gasteiger charge is 2.38. The van der Waals surface area contributed by atoms with Crippen LogP contribution >= 0.6 is 0 Å². The second-order valence-corrected chi connectivity index (χ2v) is 6.01. The fourth-order valence-electron chi connectivity index (χ4n) is 3.24. The first-order valence-corrected chi connectivity index (χ1v) is 6.99. The molecule has 1 atom stereocenters. The molecule has 1 N–H and O–H groups in total. The van der Waals surface area contributed by atoms with Gasteiger partial charge in [-0.1, -0.05) is 12.1 Å². The Morgan fingerprint density at radius 3 is 2.67 bits per heavy atom. The zero-order chi connectivity index (χ0) is 13.3. The molecule has 0 amide bonds. The molecule has 1 aliphatic rings. The van der Waals surface area contributed by atoms with Gasteiger partial charge in [0.1, 0.15) is 0 Å². The molecule has 1 fully saturated rings. The van der Waals surface area contributed by atoms with Gasteiger partial charge < -0.3 is 10.2 Å². The van der Waals surface area contributed by atoms with E-state index >= 15 is 0 Å². The van der Waals surface area contributed by atoms with Crippen LogP contribution in [0.4, 0.5) is 5.69 Å². The summed E-state index contributed by atoms with van der Waals surface area (Å²) in [5, 5.41) is 3.49. The molecule has 1 aromatic rings. The van der Waals surface area contributed by atoms with Gasteiger partial charge in [0, 0.05) is 23.8 Å². The van der Waals surface area contributed by atoms with Gasteiger partial charge >= 0.3 is 0 Å². The number of hydrogen-bond acceptors (Lipinski definition) is 2. The maximum Gasteiger partial charge on any atom is 0.0498 e. The summed E-state index contributed by atoms with van der Waals surface area (Å²) in [6, 6.07) is 7.20. The van der Waals surface area contributed by atoms with Crippen LogP contribution in [0, 0.1) is 13.8 Å². The predicted molar refractivity (Wildman–Crippen MR) is 79.4 cm³/mol. The third-order valence-corrected chi connectivity index (χ3v) is 4.64. The molecule has 1 aliphatic heterocycles. The molecule has 1 heterocycles. The SMILES string of the molecule is CNC1CCCN(c2cccc(C)c2C)C1(C)C. The Bertz CT molecular complexity index is 423. The highest BCUT2D eigenvalue weighted by Crippen LogP contribution is 2.35. The number of nitrogens with zero attached hydrogens (tertiary/aromatic N) is 1. The van der Waals surface area contributed by atoms with Gasteiger partial charge in [-0.2, -0.15) is 0 Å². The van der Waals surface area contributed by atoms with Crippen LogP contribution in [0.25, 0.3) is 0 Å². The molecule has 0 spiro atoms. The molecule has 0 aromatic heterocycles. The number of hydrogen-bond donors (Lipinski definition) is 1. The van der Waals surface area contributed by atoms with Gasteiger partial charge in [0.25, 0.3) is 0 Å². The van der Waals surface area contributed by atoms with Crippen LogP contribution in [0.5, 0.6) is 0 Å². The van der Waals surface area contributed by atoms with E-state index in [4.69, 9.17) is 0 Å². The molecule has 0 radical (unpaired) electrons. The largest absolute Gasteiger partial charge is 0.365 e. The van der Waals surface area contributed by atoms with E-state index in [1.165, 1.54) is 29.7 Å². The van der Waals surface area contributed by atoms with Crippen molar-refractivity contribution in [1.82, 2.24) is 5.32 Å². The number of rotatable bonds is 2. The Kier molecular flexibility index (Phi) is 3.67. The van der Waals surface area contributed by atoms with E-state index in [1.54, 1.807) is 0 Å². The number of benzene rings is 1. The lowest BCUT2D eigenvalue weighted by molar-refractivity contribution is 0.275. The van der Waals surface area contributed by atoms with Crippen molar-refractivity contribution in [3.05, 3.63) is 29.3 Å². The Morgan fingerprint density at radius 2 is 2.00 bits per heavy atom. The van der Waals surface area contributed by atoms with E-state index in [2.05, 4.69) is 63.2 Å². The Morgan fingerprint density at radius 1 is 1.28 bits per heavy atom. The smallest absolute Gasteiger partial charge is 0.0498 e. The normalized spacial score (nSPS) is 23.2. The van der Waals surface area contributed by atoms with Crippen LogP contribution in [0.3, 0.4) is 0 Å². The first-order chi connectivity index (χ1) is 8.48. The van der Waals surface area contributed by atoms with Crippen LogP contribution in [0.15, 0.2) is 18.2 Å². The number of anilines is 1. The summed E-state index contributed by atoms with van der Waals surface area (Å²) < 4.78 is 0. The quantitative estimate of drug-likeness (QED) is 0.861. The Labute approximate surface area is 111 Å². The summed E-state index contributed by atoms with van der Waals surface area (Å²) >= 11 is 0. The number of nitrogens with one attached hydrogen (secondary N) is 1. The van der Waals surface area contributed by atoms with Crippen LogP contribution in [-0.4, -0.2) is 25.2 Å². The standard InChI is InChI=1S/C16H26N2/c1-12-8-6-9-14(13(12)2)18-11-7-10-15(17-5)16(18,3)4/h6,8-9,15,17H,7,10-11H2,1-5H3. The summed E-state index contributed by atoms with van der Waals surface area (Å²) in [5.74, 6) is 0. The molecule has 2 heteroatoms. The van der Waals surface area contributed by atoms with E-state index < -0.39 is 0 Å². The van der Waals surface area contributed by atoms with Crippen molar-refractivity contribution in [2.24, 2.45) is 0 Å². The van der Waals surface area contributed by atoms with Gasteiger partial charge in [-0.15, -0.1) is 0 Å². The highest BCUT2D eigenvalue weighted by atomic mass is 15.2. The lowest BCUT2D eigenvalue weighted by atomic mass is 9.84. The molecule has 2 nitrogen and oxygen atoms in total. The molecule has 0 aliphatic carbocycles. The van der Waals surface area contributed by atoms with Crippen molar-refractivity contribution in [2.45, 2.75) is 52.1 Å². The minimum Gasteiger partial charge on any atom is -0.365 e. The van der Waals surface area contributed by atoms with Crippen molar-refractivity contribution in [3.63, 3.8) is 0 Å². The molecule has 1 unspecified atom stereocenters. The van der Waals surface area contributed by atoms with E-state index in [1.807, 2.05) is 0 Å². The van der Waals surface area contributed by atoms with Gasteiger partial charge in [-0.25, -0.2) is 0 Å². The maximum absolute atomic E-state index is 3.49. The first kappa shape index (κ1) is 13.4. The molecule has 1 saturated heterocycles. The maximum atomic E-state index is 3.49. The van der Waals surface area contributed by atoms with Crippen LogP contribution < -0.4 is 10.2 Å². The van der Waals surface area contributed by atoms with E-state index in [0.29, 0.717) is 6.04 Å². The summed E-state index contributed by atoms with van der Waals surface area (Å²) in [6.07, 6.45) is 2.53. The number of aryl methyl sites for hydroxylation is 1. The molecular weight excluding hydrogens is 220 g/mol. The van der Waals surface area contributed by atoms with Crippen LogP contribution in [-0.2, 0) is 0 Å². The zero-order valence-electron chi connectivity index (χ0n) is 12.4. The van der Waals surface area contributed by atoms with Gasteiger partial charge in [0.05, 0.1) is 0 Å². The van der Waals surface area contributed by atoms with Crippen molar-refractivity contribution < 1.29 is 0 Å². The molecular formula is C16H26N2.